The molecule has 324 valence electrons. The van der Waals surface area contributed by atoms with E-state index >= 15 is 0 Å². The summed E-state index contributed by atoms with van der Waals surface area (Å²) < 4.78 is 0. The van der Waals surface area contributed by atoms with Crippen LogP contribution in [0.3, 0.4) is 0 Å². The Morgan fingerprint density at radius 2 is 1.74 bits per heavy atom. The summed E-state index contributed by atoms with van der Waals surface area (Å²) in [5.74, 6) is -4.30. The number of nitrogens with two attached hydrogens (primary N) is 2. The summed E-state index contributed by atoms with van der Waals surface area (Å²) >= 11 is 0. The topological polar surface area (TPSA) is 258 Å². The molecule has 58 heavy (non-hydrogen) atoms. The molecule has 11 N–H and O–H groups in total. The number of phenols is 1. The Kier molecular flexibility index (Phi) is 20.1. The van der Waals surface area contributed by atoms with E-state index < -0.39 is 77.7 Å². The third kappa shape index (κ3) is 15.0. The number of rotatable bonds is 13. The molecule has 2 aliphatic heterocycles. The fourth-order valence-electron chi connectivity index (χ4n) is 7.31. The van der Waals surface area contributed by atoms with Gasteiger partial charge in [0, 0.05) is 19.5 Å². The van der Waals surface area contributed by atoms with Gasteiger partial charge in [-0.15, -0.1) is 0 Å². The summed E-state index contributed by atoms with van der Waals surface area (Å²) in [5.41, 5.74) is 13.2. The maximum atomic E-state index is 14.3. The number of phenolic OH excluding ortho intramolecular Hbond substituents is 1. The van der Waals surface area contributed by atoms with Gasteiger partial charge in [0.05, 0.1) is 6.04 Å². The summed E-state index contributed by atoms with van der Waals surface area (Å²) in [5, 5.41) is 35.0. The number of nitrogens with zero attached hydrogens (tertiary/aromatic N) is 1. The van der Waals surface area contributed by atoms with Crippen molar-refractivity contribution in [2.75, 3.05) is 26.2 Å². The van der Waals surface area contributed by atoms with E-state index in [-0.39, 0.29) is 31.1 Å². The second-order valence-electron chi connectivity index (χ2n) is 16.1. The Labute approximate surface area is 343 Å². The number of fused-ring (bicyclic) bond motifs is 3. The van der Waals surface area contributed by atoms with Crippen LogP contribution in [-0.2, 0) is 41.6 Å². The highest BCUT2D eigenvalue weighted by Gasteiger charge is 2.40. The lowest BCUT2D eigenvalue weighted by Crippen LogP contribution is -2.60. The average Bonchev–Trinajstić information content (AvgIpc) is 3.68. The smallest absolute Gasteiger partial charge is 0.326 e. The first-order valence-corrected chi connectivity index (χ1v) is 21.0. The van der Waals surface area contributed by atoms with E-state index in [2.05, 4.69) is 26.6 Å². The predicted octanol–water partition coefficient (Wildman–Crippen LogP) is 1.37. The van der Waals surface area contributed by atoms with Gasteiger partial charge in [-0.1, -0.05) is 64.8 Å². The van der Waals surface area contributed by atoms with Crippen molar-refractivity contribution in [3.8, 4) is 5.75 Å². The molecule has 0 spiro atoms. The molecule has 0 radical (unpaired) electrons. The van der Waals surface area contributed by atoms with Crippen LogP contribution in [-0.4, -0.2) is 113 Å². The van der Waals surface area contributed by atoms with Gasteiger partial charge in [0.15, 0.2) is 0 Å². The van der Waals surface area contributed by atoms with Crippen LogP contribution in [0.25, 0.3) is 0 Å². The number of hydrogen-bond donors (Lipinski definition) is 9. The molecule has 1 aromatic carbocycles. The molecule has 0 aromatic heterocycles. The SMILES string of the molecule is CCC(C)[C@H](NC(=O)[C@@H]1Cc2ccc(O)c(c2)C/C=C\CNCCCC[C@@H](N)C(=O)N[C@@H](CCCCN)C(=O)N2CCC[C@H]2C(=O)N1)C(=O)N[C@@H](CC(C)C)C(=O)O. The lowest BCUT2D eigenvalue weighted by atomic mass is 9.95. The summed E-state index contributed by atoms with van der Waals surface area (Å²) in [4.78, 5) is 83.0. The monoisotopic (exact) mass is 813 g/mol. The predicted molar refractivity (Wildman–Crippen MR) is 221 cm³/mol. The van der Waals surface area contributed by atoms with Crippen molar-refractivity contribution >= 4 is 35.5 Å². The van der Waals surface area contributed by atoms with Crippen molar-refractivity contribution in [3.05, 3.63) is 41.5 Å². The van der Waals surface area contributed by atoms with Crippen molar-refractivity contribution < 1.29 is 39.0 Å². The van der Waals surface area contributed by atoms with Crippen molar-refractivity contribution in [2.24, 2.45) is 23.3 Å². The molecule has 0 aliphatic carbocycles. The number of carbonyl (C=O) groups excluding carboxylic acids is 5. The zero-order chi connectivity index (χ0) is 42.8. The first-order valence-electron chi connectivity index (χ1n) is 21.0. The van der Waals surface area contributed by atoms with Gasteiger partial charge < -0.3 is 53.2 Å². The molecule has 2 bridgehead atoms. The van der Waals surface area contributed by atoms with Gasteiger partial charge in [-0.3, -0.25) is 24.0 Å². The molecule has 5 amide bonds. The molecule has 16 heteroatoms. The molecular formula is C42H68N8O8. The number of nitrogens with one attached hydrogen (secondary N) is 5. The summed E-state index contributed by atoms with van der Waals surface area (Å²) in [6, 6.07) is -1.25. The second kappa shape index (κ2) is 24.4. The number of benzene rings is 1. The molecule has 1 fully saturated rings. The number of unbranched alkanes of at least 4 members (excludes halogenated alkanes) is 1. The van der Waals surface area contributed by atoms with Gasteiger partial charge >= 0.3 is 5.97 Å². The number of carbonyl (C=O) groups is 6. The molecule has 1 saturated heterocycles. The minimum Gasteiger partial charge on any atom is -0.508 e. The fourth-order valence-corrected chi connectivity index (χ4v) is 7.31. The molecule has 16 nitrogen and oxygen atoms in total. The van der Waals surface area contributed by atoms with E-state index in [1.54, 1.807) is 19.1 Å². The van der Waals surface area contributed by atoms with Gasteiger partial charge in [-0.25, -0.2) is 4.79 Å². The Morgan fingerprint density at radius 1 is 0.983 bits per heavy atom. The zero-order valence-corrected chi connectivity index (χ0v) is 34.8. The number of aliphatic carboxylic acids is 1. The first-order chi connectivity index (χ1) is 27.7. The van der Waals surface area contributed by atoms with E-state index in [1.807, 2.05) is 32.9 Å². The summed E-state index contributed by atoms with van der Waals surface area (Å²) in [6.07, 6.45) is 9.19. The van der Waals surface area contributed by atoms with Gasteiger partial charge in [-0.05, 0) is 99.9 Å². The third-order valence-electron chi connectivity index (χ3n) is 11.0. The lowest BCUT2D eigenvalue weighted by molar-refractivity contribution is -0.143. The molecular weight excluding hydrogens is 745 g/mol. The van der Waals surface area contributed by atoms with Gasteiger partial charge in [0.25, 0.3) is 0 Å². The van der Waals surface area contributed by atoms with E-state index in [9.17, 15) is 39.0 Å². The van der Waals surface area contributed by atoms with Crippen LogP contribution in [0.5, 0.6) is 5.75 Å². The standard InChI is InChI=1S/C42H68N8O8/c1-5-27(4)36(40(55)48-33(42(57)58)23-26(2)3)49-38(53)32-25-28-17-18-35(51)29(24-28)13-7-10-20-45-21-11-8-14-30(44)37(52)46-31(15-6-9-19-43)41(56)50-22-12-16-34(50)39(54)47-32/h7,10,17-18,24,26-27,30-34,36,45,51H,5-6,8-9,11-16,19-23,25,43-44H2,1-4H3,(H,46,52)(H,47,54)(H,48,55)(H,49,53)(H,57,58)/b10-7-/t27?,30-,31+,32+,33+,34+,36+/m1/s1. The molecule has 0 saturated carbocycles. The number of carboxylic acids is 1. The van der Waals surface area contributed by atoms with Crippen molar-refractivity contribution in [1.29, 1.82) is 0 Å². The Morgan fingerprint density at radius 3 is 2.43 bits per heavy atom. The highest BCUT2D eigenvalue weighted by Crippen LogP contribution is 2.23. The average molecular weight is 813 g/mol. The van der Waals surface area contributed by atoms with Crippen molar-refractivity contribution in [1.82, 2.24) is 31.5 Å². The van der Waals surface area contributed by atoms with Crippen LogP contribution in [0.1, 0.15) is 103 Å². The van der Waals surface area contributed by atoms with Crippen LogP contribution < -0.4 is 38.1 Å². The third-order valence-corrected chi connectivity index (χ3v) is 11.0. The maximum Gasteiger partial charge on any atom is 0.326 e. The Bertz CT molecular complexity index is 1570. The van der Waals surface area contributed by atoms with Crippen LogP contribution in [0.2, 0.25) is 0 Å². The quantitative estimate of drug-likeness (QED) is 0.102. The number of carboxylic acid groups (broad SMARTS) is 1. The largest absolute Gasteiger partial charge is 0.508 e. The Balaban J connectivity index is 2.00. The number of allylic oxidation sites excluding steroid dienone is 1. The van der Waals surface area contributed by atoms with Crippen molar-refractivity contribution in [2.45, 2.75) is 141 Å². The summed E-state index contributed by atoms with van der Waals surface area (Å²) in [7, 11) is 0. The molecule has 3 rings (SSSR count). The molecule has 1 aromatic rings. The number of aromatic hydroxyl groups is 1. The van der Waals surface area contributed by atoms with Crippen LogP contribution in [0, 0.1) is 11.8 Å². The van der Waals surface area contributed by atoms with Gasteiger partial charge in [0.1, 0.15) is 36.0 Å². The van der Waals surface area contributed by atoms with Gasteiger partial charge in [-0.2, -0.15) is 0 Å². The minimum atomic E-state index is -1.23. The molecule has 1 unspecified atom stereocenters. The van der Waals surface area contributed by atoms with Crippen LogP contribution >= 0.6 is 0 Å². The molecule has 2 aliphatic rings. The zero-order valence-electron chi connectivity index (χ0n) is 34.8. The van der Waals surface area contributed by atoms with Crippen LogP contribution in [0.4, 0.5) is 0 Å². The molecule has 7 atom stereocenters. The minimum absolute atomic E-state index is 0.0209. The first kappa shape index (κ1) is 47.8. The summed E-state index contributed by atoms with van der Waals surface area (Å²) in [6.45, 7) is 9.28. The fraction of sp³-hybridized carbons (Fsp3) is 0.667. The van der Waals surface area contributed by atoms with E-state index in [4.69, 9.17) is 11.5 Å². The van der Waals surface area contributed by atoms with Crippen LogP contribution in [0.15, 0.2) is 30.4 Å². The number of hydrogen-bond acceptors (Lipinski definition) is 10. The van der Waals surface area contributed by atoms with Gasteiger partial charge in [0.2, 0.25) is 29.5 Å². The van der Waals surface area contributed by atoms with E-state index in [0.29, 0.717) is 88.5 Å². The van der Waals surface area contributed by atoms with E-state index in [0.717, 1.165) is 6.42 Å². The normalized spacial score (nSPS) is 23.8. The van der Waals surface area contributed by atoms with Crippen molar-refractivity contribution in [3.63, 3.8) is 0 Å². The maximum absolute atomic E-state index is 14.3. The molecule has 2 heterocycles. The highest BCUT2D eigenvalue weighted by atomic mass is 16.4. The highest BCUT2D eigenvalue weighted by molar-refractivity contribution is 5.96. The number of amides is 5. The van der Waals surface area contributed by atoms with E-state index in [1.165, 1.54) is 11.0 Å². The lowest BCUT2D eigenvalue weighted by Gasteiger charge is -2.31. The Hall–Kier alpha value is -4.54. The second-order valence-corrected chi connectivity index (χ2v) is 16.1.